The molecule has 3 rings (SSSR count). The molecule has 7 heteroatoms. The van der Waals surface area contributed by atoms with Crippen molar-refractivity contribution < 1.29 is 13.9 Å². The van der Waals surface area contributed by atoms with E-state index in [9.17, 15) is 24.4 Å². The molecule has 0 radical (unpaired) electrons. The van der Waals surface area contributed by atoms with E-state index < -0.39 is 17.7 Å². The highest BCUT2D eigenvalue weighted by Gasteiger charge is 2.30. The number of anilines is 2. The molecule has 0 amide bonds. The maximum Gasteiger partial charge on any atom is 0.157 e. The maximum absolute atomic E-state index is 14.2. The average molecular weight is 390 g/mol. The molecule has 2 aromatic carbocycles. The molecule has 4 nitrogen and oxygen atoms in total. The Hall–Kier alpha value is -2.48. The molecule has 1 atom stereocenters. The number of benzene rings is 2. The van der Waals surface area contributed by atoms with Crippen LogP contribution in [-0.4, -0.2) is 11.7 Å². The largest absolute Gasteiger partial charge is 0.388 e. The van der Waals surface area contributed by atoms with Crippen molar-refractivity contribution in [2.75, 3.05) is 11.4 Å². The number of aliphatic hydroxyl groups excluding tert-OH is 1. The smallest absolute Gasteiger partial charge is 0.157 e. The van der Waals surface area contributed by atoms with Crippen molar-refractivity contribution in [1.29, 1.82) is 10.5 Å². The first-order valence-electron chi connectivity index (χ1n) is 7.05. The van der Waals surface area contributed by atoms with Crippen molar-refractivity contribution in [3.8, 4) is 12.1 Å². The van der Waals surface area contributed by atoms with E-state index in [4.69, 9.17) is 0 Å². The maximum atomic E-state index is 14.2. The Morgan fingerprint density at radius 1 is 1.21 bits per heavy atom. The normalized spacial score (nSPS) is 16.2. The predicted molar refractivity (Wildman–Crippen MR) is 86.5 cm³/mol. The molecule has 1 heterocycles. The molecule has 1 aliphatic heterocycles. The number of nitriles is 2. The van der Waals surface area contributed by atoms with Gasteiger partial charge in [0, 0.05) is 12.1 Å². The summed E-state index contributed by atoms with van der Waals surface area (Å²) in [7, 11) is 0. The first-order valence-corrected chi connectivity index (χ1v) is 7.84. The van der Waals surface area contributed by atoms with Gasteiger partial charge in [0.1, 0.15) is 23.5 Å². The Morgan fingerprint density at radius 2 is 1.96 bits per heavy atom. The van der Waals surface area contributed by atoms with Gasteiger partial charge in [0.2, 0.25) is 0 Å². The Balaban J connectivity index is 2.28. The highest BCUT2D eigenvalue weighted by Crippen LogP contribution is 2.42. The topological polar surface area (TPSA) is 71.0 Å². The zero-order chi connectivity index (χ0) is 17.4. The van der Waals surface area contributed by atoms with Gasteiger partial charge < -0.3 is 10.0 Å². The quantitative estimate of drug-likeness (QED) is 0.798. The minimum atomic E-state index is -0.926. The van der Waals surface area contributed by atoms with Crippen molar-refractivity contribution in [3.63, 3.8) is 0 Å². The van der Waals surface area contributed by atoms with Crippen LogP contribution in [0.5, 0.6) is 0 Å². The third-order valence-corrected chi connectivity index (χ3v) is 4.57. The van der Waals surface area contributed by atoms with Crippen LogP contribution >= 0.6 is 15.9 Å². The molecular weight excluding hydrogens is 380 g/mol. The van der Waals surface area contributed by atoms with Crippen LogP contribution in [0.2, 0.25) is 0 Å². The fraction of sp³-hybridized carbons (Fsp3) is 0.176. The van der Waals surface area contributed by atoms with E-state index in [2.05, 4.69) is 15.9 Å². The number of rotatable bonds is 1. The standard InChI is InChI=1S/C17H10BrF2N3O/c18-13-1-2-14(12(8-22)16(13)20)23-4-3-15(24)11-6-10(19)5-9(7-21)17(11)23/h1-2,5-6,15,24H,3-4H2. The summed E-state index contributed by atoms with van der Waals surface area (Å²) in [5.74, 6) is -1.34. The number of hydrogen-bond acceptors (Lipinski definition) is 4. The van der Waals surface area contributed by atoms with Gasteiger partial charge in [-0.3, -0.25) is 0 Å². The van der Waals surface area contributed by atoms with Gasteiger partial charge >= 0.3 is 0 Å². The van der Waals surface area contributed by atoms with E-state index in [1.54, 1.807) is 11.0 Å². The Bertz CT molecular complexity index is 918. The van der Waals surface area contributed by atoms with Gasteiger partial charge in [-0.1, -0.05) is 0 Å². The molecule has 1 aliphatic rings. The number of aliphatic hydroxyl groups is 1. The lowest BCUT2D eigenvalue weighted by molar-refractivity contribution is 0.165. The monoisotopic (exact) mass is 389 g/mol. The molecule has 0 spiro atoms. The lowest BCUT2D eigenvalue weighted by Crippen LogP contribution is -2.29. The molecule has 2 aromatic rings. The second-order valence-electron chi connectivity index (χ2n) is 5.33. The lowest BCUT2D eigenvalue weighted by atomic mass is 9.94. The lowest BCUT2D eigenvalue weighted by Gasteiger charge is -2.35. The average Bonchev–Trinajstić information content (AvgIpc) is 2.57. The van der Waals surface area contributed by atoms with E-state index >= 15 is 0 Å². The predicted octanol–water partition coefficient (Wildman–Crippen LogP) is 4.05. The molecule has 1 unspecified atom stereocenters. The molecule has 1 N–H and O–H groups in total. The fourth-order valence-corrected chi connectivity index (χ4v) is 3.22. The molecule has 24 heavy (non-hydrogen) atoms. The van der Waals surface area contributed by atoms with Gasteiger partial charge in [-0.25, -0.2) is 8.78 Å². The summed E-state index contributed by atoms with van der Waals surface area (Å²) < 4.78 is 28.1. The second kappa shape index (κ2) is 6.20. The van der Waals surface area contributed by atoms with Crippen molar-refractivity contribution in [1.82, 2.24) is 0 Å². The minimum Gasteiger partial charge on any atom is -0.388 e. The highest BCUT2D eigenvalue weighted by atomic mass is 79.9. The van der Waals surface area contributed by atoms with Gasteiger partial charge in [0.05, 0.1) is 27.5 Å². The molecule has 0 aromatic heterocycles. The number of halogens is 3. The fourth-order valence-electron chi connectivity index (χ4n) is 2.89. The minimum absolute atomic E-state index is 0.0240. The van der Waals surface area contributed by atoms with Crippen LogP contribution < -0.4 is 4.90 Å². The van der Waals surface area contributed by atoms with Crippen LogP contribution in [0.25, 0.3) is 0 Å². The van der Waals surface area contributed by atoms with Crippen LogP contribution in [0.15, 0.2) is 28.7 Å². The van der Waals surface area contributed by atoms with Crippen LogP contribution in [0.4, 0.5) is 20.2 Å². The zero-order valence-corrected chi connectivity index (χ0v) is 13.8. The van der Waals surface area contributed by atoms with E-state index in [1.165, 1.54) is 6.07 Å². The third-order valence-electron chi connectivity index (χ3n) is 3.96. The first-order chi connectivity index (χ1) is 11.5. The molecule has 0 aliphatic carbocycles. The van der Waals surface area contributed by atoms with Gasteiger partial charge in [0.25, 0.3) is 0 Å². The molecule has 0 saturated heterocycles. The Kier molecular flexibility index (Phi) is 4.23. The second-order valence-corrected chi connectivity index (χ2v) is 6.18. The summed E-state index contributed by atoms with van der Waals surface area (Å²) in [6.45, 7) is 0.268. The van der Waals surface area contributed by atoms with Gasteiger partial charge in [0.15, 0.2) is 5.82 Å². The van der Waals surface area contributed by atoms with Crippen LogP contribution in [0.1, 0.15) is 29.2 Å². The van der Waals surface area contributed by atoms with Crippen molar-refractivity contribution in [2.45, 2.75) is 12.5 Å². The van der Waals surface area contributed by atoms with E-state index in [1.807, 2.05) is 12.1 Å². The van der Waals surface area contributed by atoms with Gasteiger partial charge in [-0.15, -0.1) is 0 Å². The van der Waals surface area contributed by atoms with E-state index in [0.717, 1.165) is 12.1 Å². The van der Waals surface area contributed by atoms with Crippen molar-refractivity contribution in [2.24, 2.45) is 0 Å². The number of hydrogen-bond donors (Lipinski definition) is 1. The Labute approximate surface area is 145 Å². The summed E-state index contributed by atoms with van der Waals surface area (Å²) >= 11 is 3.04. The van der Waals surface area contributed by atoms with E-state index in [0.29, 0.717) is 5.69 Å². The zero-order valence-electron chi connectivity index (χ0n) is 12.2. The summed E-state index contributed by atoms with van der Waals surface area (Å²) in [6, 6.07) is 8.97. The summed E-state index contributed by atoms with van der Waals surface area (Å²) in [5.41, 5.74) is 0.672. The Morgan fingerprint density at radius 3 is 2.62 bits per heavy atom. The van der Waals surface area contributed by atoms with Crippen molar-refractivity contribution in [3.05, 3.63) is 57.1 Å². The SMILES string of the molecule is N#Cc1cc(F)cc2c1N(c1ccc(Br)c(F)c1C#N)CCC2O. The van der Waals surface area contributed by atoms with Crippen LogP contribution in [0, 0.1) is 34.3 Å². The van der Waals surface area contributed by atoms with Crippen LogP contribution in [-0.2, 0) is 0 Å². The summed E-state index contributed by atoms with van der Waals surface area (Å²) in [4.78, 5) is 1.58. The number of nitrogens with zero attached hydrogens (tertiary/aromatic N) is 3. The molecule has 0 bridgehead atoms. The highest BCUT2D eigenvalue weighted by molar-refractivity contribution is 9.10. The third kappa shape index (κ3) is 2.52. The summed E-state index contributed by atoms with van der Waals surface area (Å²) in [5, 5.41) is 28.8. The van der Waals surface area contributed by atoms with Gasteiger partial charge in [-0.2, -0.15) is 10.5 Å². The first kappa shape index (κ1) is 16.4. The van der Waals surface area contributed by atoms with Gasteiger partial charge in [-0.05, 0) is 46.6 Å². The molecule has 0 saturated carbocycles. The summed E-state index contributed by atoms with van der Waals surface area (Å²) in [6.07, 6.45) is -0.658. The molecular formula is C17H10BrF2N3O. The van der Waals surface area contributed by atoms with E-state index in [-0.39, 0.29) is 39.8 Å². The molecule has 0 fully saturated rings. The number of fused-ring (bicyclic) bond motifs is 1. The van der Waals surface area contributed by atoms with Crippen LogP contribution in [0.3, 0.4) is 0 Å². The van der Waals surface area contributed by atoms with Crippen molar-refractivity contribution >= 4 is 27.3 Å². The molecule has 120 valence electrons.